The van der Waals surface area contributed by atoms with Crippen molar-refractivity contribution in [2.45, 2.75) is 12.0 Å². The summed E-state index contributed by atoms with van der Waals surface area (Å²) in [5, 5.41) is 0.456. The number of rotatable bonds is 6. The number of carbonyl (C=O) groups is 1. The quantitative estimate of drug-likeness (QED) is 0.479. The molecule has 1 saturated heterocycles. The van der Waals surface area contributed by atoms with Gasteiger partial charge in [0.15, 0.2) is 11.5 Å². The topological polar surface area (TPSA) is 38.8 Å². The number of anilines is 1. The van der Waals surface area contributed by atoms with Gasteiger partial charge in [-0.25, -0.2) is 4.39 Å². The van der Waals surface area contributed by atoms with Gasteiger partial charge in [0.25, 0.3) is 0 Å². The maximum atomic E-state index is 13.1. The summed E-state index contributed by atoms with van der Waals surface area (Å²) in [4.78, 5) is 14.3. The van der Waals surface area contributed by atoms with Crippen LogP contribution in [0.4, 0.5) is 10.1 Å². The number of carbonyl (C=O) groups excluding carboxylic acids is 1. The molecule has 4 nitrogen and oxygen atoms in total. The number of thioether (sulfide) groups is 1. The summed E-state index contributed by atoms with van der Waals surface area (Å²) in [6, 6.07) is 19.1. The minimum Gasteiger partial charge on any atom is -0.493 e. The third kappa shape index (κ3) is 4.40. The molecule has 7 heteroatoms. The van der Waals surface area contributed by atoms with E-state index in [4.69, 9.17) is 21.1 Å². The van der Waals surface area contributed by atoms with Crippen molar-refractivity contribution >= 4 is 35.0 Å². The molecule has 0 spiro atoms. The fraction of sp³-hybridized carbons (Fsp3) is 0.174. The van der Waals surface area contributed by atoms with Crippen LogP contribution >= 0.6 is 23.4 Å². The van der Waals surface area contributed by atoms with Crippen molar-refractivity contribution < 1.29 is 18.7 Å². The number of ether oxygens (including phenoxy) is 2. The van der Waals surface area contributed by atoms with Crippen LogP contribution in [0, 0.1) is 5.82 Å². The van der Waals surface area contributed by atoms with E-state index in [0.29, 0.717) is 28.9 Å². The zero-order chi connectivity index (χ0) is 21.1. The Morgan fingerprint density at radius 2 is 1.80 bits per heavy atom. The van der Waals surface area contributed by atoms with Gasteiger partial charge in [-0.2, -0.15) is 0 Å². The van der Waals surface area contributed by atoms with Gasteiger partial charge in [-0.05, 0) is 59.7 Å². The molecule has 0 radical (unpaired) electrons. The Kier molecular flexibility index (Phi) is 6.16. The SMILES string of the molecule is COc1cc([C@H]2SCC(=O)N2c2ccc(Cl)cc2)ccc1OCc1ccc(F)cc1. The summed E-state index contributed by atoms with van der Waals surface area (Å²) in [5.41, 5.74) is 2.59. The molecule has 1 aliphatic heterocycles. The second kappa shape index (κ2) is 8.98. The van der Waals surface area contributed by atoms with Crippen LogP contribution in [0.1, 0.15) is 16.5 Å². The van der Waals surface area contributed by atoms with Gasteiger partial charge in [0.05, 0.1) is 12.9 Å². The molecule has 0 unspecified atom stereocenters. The highest BCUT2D eigenvalue weighted by Gasteiger charge is 2.34. The van der Waals surface area contributed by atoms with Crippen LogP contribution in [-0.2, 0) is 11.4 Å². The molecule has 154 valence electrons. The van der Waals surface area contributed by atoms with Crippen molar-refractivity contribution in [1.29, 1.82) is 0 Å². The van der Waals surface area contributed by atoms with Crippen molar-refractivity contribution in [3.8, 4) is 11.5 Å². The van der Waals surface area contributed by atoms with Crippen molar-refractivity contribution in [3.05, 3.63) is 88.7 Å². The monoisotopic (exact) mass is 443 g/mol. The first-order chi connectivity index (χ1) is 14.5. The minimum absolute atomic E-state index is 0.0444. The normalized spacial score (nSPS) is 16.0. The van der Waals surface area contributed by atoms with Crippen LogP contribution in [0.2, 0.25) is 5.02 Å². The van der Waals surface area contributed by atoms with E-state index < -0.39 is 0 Å². The number of methoxy groups -OCH3 is 1. The van der Waals surface area contributed by atoms with Crippen LogP contribution in [-0.4, -0.2) is 18.8 Å². The minimum atomic E-state index is -0.283. The average molecular weight is 444 g/mol. The highest BCUT2D eigenvalue weighted by atomic mass is 35.5. The van der Waals surface area contributed by atoms with E-state index in [1.54, 1.807) is 48.0 Å². The Morgan fingerprint density at radius 1 is 1.07 bits per heavy atom. The van der Waals surface area contributed by atoms with Crippen LogP contribution < -0.4 is 14.4 Å². The van der Waals surface area contributed by atoms with Crippen LogP contribution in [0.15, 0.2) is 66.7 Å². The predicted molar refractivity (Wildman–Crippen MR) is 118 cm³/mol. The Bertz CT molecular complexity index is 1040. The molecule has 1 atom stereocenters. The Labute approximate surface area is 183 Å². The number of hydrogen-bond acceptors (Lipinski definition) is 4. The average Bonchev–Trinajstić information content (AvgIpc) is 3.15. The largest absolute Gasteiger partial charge is 0.493 e. The van der Waals surface area contributed by atoms with Crippen LogP contribution in [0.3, 0.4) is 0 Å². The lowest BCUT2D eigenvalue weighted by Gasteiger charge is -2.25. The third-order valence-corrected chi connectivity index (χ3v) is 6.22. The van der Waals surface area contributed by atoms with E-state index in [0.717, 1.165) is 16.8 Å². The Balaban J connectivity index is 1.56. The molecular weight excluding hydrogens is 425 g/mol. The number of amides is 1. The van der Waals surface area contributed by atoms with E-state index in [-0.39, 0.29) is 17.1 Å². The number of halogens is 2. The third-order valence-electron chi connectivity index (χ3n) is 4.75. The van der Waals surface area contributed by atoms with E-state index in [1.165, 1.54) is 12.1 Å². The fourth-order valence-electron chi connectivity index (χ4n) is 3.25. The molecule has 0 N–H and O–H groups in total. The molecule has 1 fully saturated rings. The lowest BCUT2D eigenvalue weighted by molar-refractivity contribution is -0.115. The van der Waals surface area contributed by atoms with Crippen LogP contribution in [0.25, 0.3) is 0 Å². The molecular formula is C23H19ClFNO3S. The summed E-state index contributed by atoms with van der Waals surface area (Å²) in [6.07, 6.45) is 0. The van der Waals surface area contributed by atoms with E-state index >= 15 is 0 Å². The van der Waals surface area contributed by atoms with Gasteiger partial charge in [0, 0.05) is 10.7 Å². The van der Waals surface area contributed by atoms with Gasteiger partial charge in [-0.3, -0.25) is 9.69 Å². The molecule has 0 saturated carbocycles. The molecule has 30 heavy (non-hydrogen) atoms. The lowest BCUT2D eigenvalue weighted by atomic mass is 10.1. The fourth-order valence-corrected chi connectivity index (χ4v) is 4.54. The van der Waals surface area contributed by atoms with Crippen LogP contribution in [0.5, 0.6) is 11.5 Å². The first-order valence-electron chi connectivity index (χ1n) is 9.29. The maximum Gasteiger partial charge on any atom is 0.238 e. The second-order valence-electron chi connectivity index (χ2n) is 6.73. The summed E-state index contributed by atoms with van der Waals surface area (Å²) < 4.78 is 24.5. The molecule has 0 aromatic heterocycles. The molecule has 1 amide bonds. The molecule has 4 rings (SSSR count). The first-order valence-corrected chi connectivity index (χ1v) is 10.7. The van der Waals surface area contributed by atoms with Crippen molar-refractivity contribution in [2.24, 2.45) is 0 Å². The van der Waals surface area contributed by atoms with Crippen molar-refractivity contribution in [3.63, 3.8) is 0 Å². The molecule has 1 aliphatic rings. The maximum absolute atomic E-state index is 13.1. The van der Waals surface area contributed by atoms with Gasteiger partial charge in [0.2, 0.25) is 5.91 Å². The summed E-state index contributed by atoms with van der Waals surface area (Å²) in [6.45, 7) is 0.295. The van der Waals surface area contributed by atoms with Gasteiger partial charge in [-0.15, -0.1) is 11.8 Å². The zero-order valence-corrected chi connectivity index (χ0v) is 17.8. The van der Waals surface area contributed by atoms with E-state index in [9.17, 15) is 9.18 Å². The van der Waals surface area contributed by atoms with Gasteiger partial charge in [0.1, 0.15) is 17.8 Å². The first kappa shape index (κ1) is 20.6. The molecule has 0 aliphatic carbocycles. The lowest BCUT2D eigenvalue weighted by Crippen LogP contribution is -2.27. The van der Waals surface area contributed by atoms with Crippen molar-refractivity contribution in [1.82, 2.24) is 0 Å². The second-order valence-corrected chi connectivity index (χ2v) is 8.23. The standard InChI is InChI=1S/C23H19ClFNO3S/c1-28-21-12-16(4-11-20(21)29-13-15-2-7-18(25)8-3-15)23-26(22(27)14-30-23)19-9-5-17(24)6-10-19/h2-12,23H,13-14H2,1H3/t23-/m1/s1. The number of hydrogen-bond donors (Lipinski definition) is 0. The highest BCUT2D eigenvalue weighted by molar-refractivity contribution is 8.00. The smallest absolute Gasteiger partial charge is 0.238 e. The van der Waals surface area contributed by atoms with Gasteiger partial charge in [-0.1, -0.05) is 29.8 Å². The zero-order valence-electron chi connectivity index (χ0n) is 16.2. The summed E-state index contributed by atoms with van der Waals surface area (Å²) in [5.74, 6) is 1.32. The van der Waals surface area contributed by atoms with Gasteiger partial charge >= 0.3 is 0 Å². The number of benzene rings is 3. The highest BCUT2D eigenvalue weighted by Crippen LogP contribution is 2.44. The predicted octanol–water partition coefficient (Wildman–Crippen LogP) is 5.85. The summed E-state index contributed by atoms with van der Waals surface area (Å²) in [7, 11) is 1.58. The van der Waals surface area contributed by atoms with Gasteiger partial charge < -0.3 is 9.47 Å². The Hall–Kier alpha value is -2.70. The van der Waals surface area contributed by atoms with E-state index in [2.05, 4.69) is 0 Å². The Morgan fingerprint density at radius 3 is 2.50 bits per heavy atom. The molecule has 1 heterocycles. The molecule has 0 bridgehead atoms. The molecule has 3 aromatic carbocycles. The van der Waals surface area contributed by atoms with Crippen molar-refractivity contribution in [2.75, 3.05) is 17.8 Å². The van der Waals surface area contributed by atoms with E-state index in [1.807, 2.05) is 30.3 Å². The molecule has 3 aromatic rings. The summed E-state index contributed by atoms with van der Waals surface area (Å²) >= 11 is 7.55. The number of nitrogens with zero attached hydrogens (tertiary/aromatic N) is 1.